The van der Waals surface area contributed by atoms with E-state index in [1.54, 1.807) is 0 Å². The van der Waals surface area contributed by atoms with Crippen LogP contribution < -0.4 is 0 Å². The van der Waals surface area contributed by atoms with E-state index in [1.807, 2.05) is 16.9 Å². The van der Waals surface area contributed by atoms with Crippen LogP contribution in [0.5, 0.6) is 0 Å². The van der Waals surface area contributed by atoms with Gasteiger partial charge in [0.05, 0.1) is 19.1 Å². The van der Waals surface area contributed by atoms with Crippen LogP contribution in [-0.4, -0.2) is 54.3 Å². The number of esters is 1. The van der Waals surface area contributed by atoms with Gasteiger partial charge in [-0.15, -0.1) is 0 Å². The van der Waals surface area contributed by atoms with E-state index >= 15 is 0 Å². The molecule has 0 saturated carbocycles. The van der Waals surface area contributed by atoms with Crippen LogP contribution in [-0.2, 0) is 9.53 Å². The number of hydrogen-bond donors (Lipinski definition) is 1. The van der Waals surface area contributed by atoms with E-state index in [9.17, 15) is 9.90 Å². The van der Waals surface area contributed by atoms with E-state index < -0.39 is 6.10 Å². The van der Waals surface area contributed by atoms with Gasteiger partial charge in [-0.2, -0.15) is 0 Å². The van der Waals surface area contributed by atoms with Crippen LogP contribution in [0.15, 0.2) is 0 Å². The number of rotatable bonds is 1. The molecular formula is C9H18INO3. The summed E-state index contributed by atoms with van der Waals surface area (Å²) in [5, 5.41) is 9.46. The van der Waals surface area contributed by atoms with Gasteiger partial charge >= 0.3 is 5.97 Å². The van der Waals surface area contributed by atoms with Crippen molar-refractivity contribution in [2.45, 2.75) is 12.5 Å². The summed E-state index contributed by atoms with van der Waals surface area (Å²) in [6.45, 7) is 1.43. The first-order valence-electron chi connectivity index (χ1n) is 4.47. The van der Waals surface area contributed by atoms with Crippen LogP contribution in [0.4, 0.5) is 0 Å². The first kappa shape index (κ1) is 14.1. The lowest BCUT2D eigenvalue weighted by molar-refractivity contribution is -0.152. The first-order chi connectivity index (χ1) is 6.65. The summed E-state index contributed by atoms with van der Waals surface area (Å²) in [5.41, 5.74) is 0. The van der Waals surface area contributed by atoms with Gasteiger partial charge in [-0.3, -0.25) is 4.79 Å². The number of halogens is 1. The fourth-order valence-electron chi connectivity index (χ4n) is 1.49. The average molecular weight is 315 g/mol. The number of hydrogen-bond acceptors (Lipinski definition) is 4. The van der Waals surface area contributed by atoms with Crippen LogP contribution >= 0.6 is 22.6 Å². The Hall–Kier alpha value is 0.120. The Morgan fingerprint density at radius 3 is 2.64 bits per heavy atom. The molecule has 0 aromatic heterocycles. The van der Waals surface area contributed by atoms with Gasteiger partial charge in [0, 0.05) is 13.1 Å². The minimum absolute atomic E-state index is 0.311. The Kier molecular flexibility index (Phi) is 7.48. The van der Waals surface area contributed by atoms with Gasteiger partial charge < -0.3 is 14.7 Å². The van der Waals surface area contributed by atoms with E-state index in [-0.39, 0.29) is 11.9 Å². The number of aliphatic hydroxyl groups excluding tert-OH is 1. The highest BCUT2D eigenvalue weighted by molar-refractivity contribution is 14.1. The van der Waals surface area contributed by atoms with Crippen molar-refractivity contribution in [3.05, 3.63) is 0 Å². The van der Waals surface area contributed by atoms with Crippen LogP contribution in [0.25, 0.3) is 0 Å². The summed E-state index contributed by atoms with van der Waals surface area (Å²) in [5.74, 6) is -0.678. The van der Waals surface area contributed by atoms with Crippen molar-refractivity contribution in [2.24, 2.45) is 5.92 Å². The highest BCUT2D eigenvalue weighted by Gasteiger charge is 2.32. The molecule has 4 nitrogen and oxygen atoms in total. The third-order valence-electron chi connectivity index (χ3n) is 2.28. The van der Waals surface area contributed by atoms with E-state index in [2.05, 4.69) is 27.3 Å². The highest BCUT2D eigenvalue weighted by Crippen LogP contribution is 2.16. The molecule has 0 bridgehead atoms. The minimum atomic E-state index is -0.534. The summed E-state index contributed by atoms with van der Waals surface area (Å²) in [7, 11) is 3.28. The summed E-state index contributed by atoms with van der Waals surface area (Å²) in [6, 6.07) is 0. The number of ether oxygens (including phenoxy) is 1. The molecule has 2 unspecified atom stereocenters. The Morgan fingerprint density at radius 1 is 1.57 bits per heavy atom. The van der Waals surface area contributed by atoms with Crippen molar-refractivity contribution >= 4 is 28.6 Å². The molecule has 1 N–H and O–H groups in total. The summed E-state index contributed by atoms with van der Waals surface area (Å²) in [6.07, 6.45) is 0.115. The molecule has 1 heterocycles. The number of carbonyl (C=O) groups excluding carboxylic acids is 1. The Balaban J connectivity index is 0.000000791. The van der Waals surface area contributed by atoms with Crippen LogP contribution in [0.2, 0.25) is 0 Å². The second kappa shape index (κ2) is 7.42. The molecule has 0 amide bonds. The van der Waals surface area contributed by atoms with Crippen molar-refractivity contribution in [1.29, 1.82) is 0 Å². The third-order valence-corrected chi connectivity index (χ3v) is 2.28. The number of alkyl halides is 1. The Morgan fingerprint density at radius 2 is 2.14 bits per heavy atom. The van der Waals surface area contributed by atoms with Gasteiger partial charge in [0.15, 0.2) is 0 Å². The van der Waals surface area contributed by atoms with Gasteiger partial charge in [-0.1, -0.05) is 22.6 Å². The van der Waals surface area contributed by atoms with Crippen molar-refractivity contribution in [2.75, 3.05) is 32.2 Å². The molecule has 1 fully saturated rings. The van der Waals surface area contributed by atoms with Crippen LogP contribution in [0, 0.1) is 5.92 Å². The molecule has 1 rings (SSSR count). The van der Waals surface area contributed by atoms with Crippen molar-refractivity contribution in [1.82, 2.24) is 4.90 Å². The number of likely N-dealkylation sites (tertiary alicyclic amines) is 1. The molecular weight excluding hydrogens is 297 g/mol. The number of nitrogens with zero attached hydrogens (tertiary/aromatic N) is 1. The number of piperidine rings is 1. The quantitative estimate of drug-likeness (QED) is 0.435. The fourth-order valence-corrected chi connectivity index (χ4v) is 1.49. The third kappa shape index (κ3) is 4.10. The molecule has 2 atom stereocenters. The molecule has 1 saturated heterocycles. The standard InChI is InChI=1S/C8H15NO3.CH3I/c1-9-4-3-7(10)6(5-9)8(11)12-2;1-2/h6-7,10H,3-5H2,1-2H3;1H3. The molecule has 0 spiro atoms. The Labute approximate surface area is 98.7 Å². The SMILES string of the molecule is CI.COC(=O)C1CN(C)CCC1O. The molecule has 14 heavy (non-hydrogen) atoms. The minimum Gasteiger partial charge on any atom is -0.469 e. The molecule has 0 aliphatic carbocycles. The van der Waals surface area contributed by atoms with Gasteiger partial charge in [-0.25, -0.2) is 0 Å². The van der Waals surface area contributed by atoms with Gasteiger partial charge in [0.1, 0.15) is 0 Å². The normalized spacial score (nSPS) is 27.5. The molecule has 0 radical (unpaired) electrons. The zero-order valence-corrected chi connectivity index (χ0v) is 11.0. The van der Waals surface area contributed by atoms with Gasteiger partial charge in [0.2, 0.25) is 0 Å². The number of methoxy groups -OCH3 is 1. The van der Waals surface area contributed by atoms with Gasteiger partial charge in [-0.05, 0) is 18.4 Å². The van der Waals surface area contributed by atoms with Crippen LogP contribution in [0.1, 0.15) is 6.42 Å². The first-order valence-corrected chi connectivity index (χ1v) is 6.63. The van der Waals surface area contributed by atoms with E-state index in [1.165, 1.54) is 7.11 Å². The zero-order valence-electron chi connectivity index (χ0n) is 8.86. The molecule has 1 aliphatic heterocycles. The van der Waals surface area contributed by atoms with E-state index in [0.29, 0.717) is 13.0 Å². The predicted molar refractivity (Wildman–Crippen MR) is 63.6 cm³/mol. The van der Waals surface area contributed by atoms with E-state index in [4.69, 9.17) is 0 Å². The maximum absolute atomic E-state index is 11.1. The van der Waals surface area contributed by atoms with Crippen molar-refractivity contribution in [3.63, 3.8) is 0 Å². The van der Waals surface area contributed by atoms with Crippen molar-refractivity contribution < 1.29 is 14.6 Å². The molecule has 5 heteroatoms. The monoisotopic (exact) mass is 315 g/mol. The molecule has 84 valence electrons. The number of aliphatic hydroxyl groups is 1. The maximum Gasteiger partial charge on any atom is 0.312 e. The molecule has 0 aromatic carbocycles. The Bertz CT molecular complexity index is 177. The molecule has 1 aliphatic rings. The fraction of sp³-hybridized carbons (Fsp3) is 0.889. The second-order valence-corrected chi connectivity index (χ2v) is 3.25. The summed E-state index contributed by atoms with van der Waals surface area (Å²) < 4.78 is 4.58. The lowest BCUT2D eigenvalue weighted by atomic mass is 9.95. The second-order valence-electron chi connectivity index (χ2n) is 3.25. The van der Waals surface area contributed by atoms with E-state index in [0.717, 1.165) is 6.54 Å². The topological polar surface area (TPSA) is 49.8 Å². The lowest BCUT2D eigenvalue weighted by Crippen LogP contribution is -2.45. The van der Waals surface area contributed by atoms with Gasteiger partial charge in [0.25, 0.3) is 0 Å². The lowest BCUT2D eigenvalue weighted by Gasteiger charge is -2.31. The maximum atomic E-state index is 11.1. The largest absolute Gasteiger partial charge is 0.469 e. The number of carbonyl (C=O) groups is 1. The van der Waals surface area contributed by atoms with Crippen molar-refractivity contribution in [3.8, 4) is 0 Å². The smallest absolute Gasteiger partial charge is 0.312 e. The average Bonchev–Trinajstić information content (AvgIpc) is 2.23. The summed E-state index contributed by atoms with van der Waals surface area (Å²) in [4.78, 5) is 15.1. The predicted octanol–water partition coefficient (Wildman–Crippen LogP) is 0.523. The van der Waals surface area contributed by atoms with Crippen LogP contribution in [0.3, 0.4) is 0 Å². The summed E-state index contributed by atoms with van der Waals surface area (Å²) >= 11 is 2.15. The zero-order chi connectivity index (χ0) is 11.1. The highest BCUT2D eigenvalue weighted by atomic mass is 127. The molecule has 0 aromatic rings.